The number of halogens is 3. The van der Waals surface area contributed by atoms with E-state index in [2.05, 4.69) is 15.3 Å². The Balaban J connectivity index is 1.52. The van der Waals surface area contributed by atoms with E-state index < -0.39 is 6.30 Å². The lowest BCUT2D eigenvalue weighted by molar-refractivity contribution is -0.211. The van der Waals surface area contributed by atoms with Crippen LogP contribution in [0.2, 0.25) is 0 Å². The molecular weight excluding hydrogens is 409 g/mol. The summed E-state index contributed by atoms with van der Waals surface area (Å²) in [6, 6.07) is 12.7. The predicted octanol–water partition coefficient (Wildman–Crippen LogP) is 4.15. The number of hydrogen-bond acceptors (Lipinski definition) is 5. The van der Waals surface area contributed by atoms with Crippen molar-refractivity contribution in [2.24, 2.45) is 0 Å². The molecule has 1 N–H and O–H groups in total. The third-order valence-electron chi connectivity index (χ3n) is 6.15. The number of benzene rings is 2. The van der Waals surface area contributed by atoms with Gasteiger partial charge >= 0.3 is 6.30 Å². The second-order valence-electron chi connectivity index (χ2n) is 7.96. The van der Waals surface area contributed by atoms with Crippen molar-refractivity contribution in [3.8, 4) is 5.75 Å². The highest BCUT2D eigenvalue weighted by Crippen LogP contribution is 2.39. The maximum absolute atomic E-state index is 13.2. The molecule has 6 nitrogen and oxygen atoms in total. The van der Waals surface area contributed by atoms with Crippen LogP contribution >= 0.6 is 0 Å². The quantitative estimate of drug-likeness (QED) is 0.672. The first-order valence-corrected chi connectivity index (χ1v) is 10.2. The number of fused-ring (bicyclic) bond motifs is 2. The molecule has 0 bridgehead atoms. The second kappa shape index (κ2) is 7.72. The van der Waals surface area contributed by atoms with Crippen molar-refractivity contribution in [1.82, 2.24) is 14.7 Å². The standard InChI is InChI=1S/C22H23F3N4O2/c1-30-14-9-10-28(11-14)19-13-31-20-8-3-2-5-15(20)21(19)26-17-6-4-7-18-16(17)12-29(27-18)22(23,24)25/h2-8,12,14,19,21,26H,9-11,13H2,1H3/t14-,19-,21-/m0/s1. The summed E-state index contributed by atoms with van der Waals surface area (Å²) in [5.41, 5.74) is 1.89. The molecule has 31 heavy (non-hydrogen) atoms. The van der Waals surface area contributed by atoms with Gasteiger partial charge in [0.05, 0.1) is 23.7 Å². The molecule has 1 aromatic heterocycles. The third-order valence-corrected chi connectivity index (χ3v) is 6.15. The molecule has 0 unspecified atom stereocenters. The summed E-state index contributed by atoms with van der Waals surface area (Å²) in [5, 5.41) is 7.65. The van der Waals surface area contributed by atoms with Crippen LogP contribution in [-0.2, 0) is 11.0 Å². The van der Waals surface area contributed by atoms with Crippen LogP contribution < -0.4 is 10.1 Å². The molecule has 0 radical (unpaired) electrons. The highest BCUT2D eigenvalue weighted by Gasteiger charge is 2.39. The van der Waals surface area contributed by atoms with Gasteiger partial charge in [-0.1, -0.05) is 24.3 Å². The first-order valence-electron chi connectivity index (χ1n) is 10.2. The summed E-state index contributed by atoms with van der Waals surface area (Å²) in [7, 11) is 1.72. The molecule has 2 aromatic carbocycles. The van der Waals surface area contributed by atoms with E-state index in [9.17, 15) is 13.2 Å². The van der Waals surface area contributed by atoms with Crippen LogP contribution in [0.25, 0.3) is 10.9 Å². The number of ether oxygens (including phenoxy) is 2. The second-order valence-corrected chi connectivity index (χ2v) is 7.96. The van der Waals surface area contributed by atoms with Crippen molar-refractivity contribution < 1.29 is 22.6 Å². The summed E-state index contributed by atoms with van der Waals surface area (Å²) in [5.74, 6) is 0.789. The van der Waals surface area contributed by atoms with Crippen LogP contribution in [-0.4, -0.2) is 53.6 Å². The van der Waals surface area contributed by atoms with E-state index in [0.717, 1.165) is 37.0 Å². The molecule has 3 heterocycles. The lowest BCUT2D eigenvalue weighted by Gasteiger charge is -2.39. The van der Waals surface area contributed by atoms with Gasteiger partial charge in [0, 0.05) is 43.0 Å². The van der Waals surface area contributed by atoms with E-state index in [1.54, 1.807) is 25.3 Å². The van der Waals surface area contributed by atoms with Gasteiger partial charge in [0.25, 0.3) is 0 Å². The van der Waals surface area contributed by atoms with Gasteiger partial charge < -0.3 is 14.8 Å². The minimum Gasteiger partial charge on any atom is -0.491 e. The Morgan fingerprint density at radius 1 is 1.16 bits per heavy atom. The molecule has 1 saturated heterocycles. The molecule has 0 aliphatic carbocycles. The monoisotopic (exact) mass is 432 g/mol. The number of alkyl halides is 3. The maximum Gasteiger partial charge on any atom is 0.504 e. The van der Waals surface area contributed by atoms with E-state index in [1.165, 1.54) is 0 Å². The lowest BCUT2D eigenvalue weighted by atomic mass is 9.94. The fraction of sp³-hybridized carbons (Fsp3) is 0.409. The Labute approximate surface area is 177 Å². The number of likely N-dealkylation sites (tertiary alicyclic amines) is 1. The van der Waals surface area contributed by atoms with E-state index in [1.807, 2.05) is 24.3 Å². The Morgan fingerprint density at radius 2 is 2.00 bits per heavy atom. The Morgan fingerprint density at radius 3 is 2.77 bits per heavy atom. The van der Waals surface area contributed by atoms with Crippen molar-refractivity contribution in [1.29, 1.82) is 0 Å². The zero-order chi connectivity index (χ0) is 21.6. The van der Waals surface area contributed by atoms with E-state index in [-0.39, 0.29) is 22.9 Å². The number of anilines is 1. The maximum atomic E-state index is 13.2. The van der Waals surface area contributed by atoms with Gasteiger partial charge in [0.2, 0.25) is 0 Å². The Kier molecular flexibility index (Phi) is 5.02. The summed E-state index contributed by atoms with van der Waals surface area (Å²) < 4.78 is 51.2. The molecule has 0 amide bonds. The smallest absolute Gasteiger partial charge is 0.491 e. The van der Waals surface area contributed by atoms with E-state index in [0.29, 0.717) is 23.2 Å². The number of nitrogens with one attached hydrogen (secondary N) is 1. The summed E-state index contributed by atoms with van der Waals surface area (Å²) in [4.78, 5) is 2.33. The third kappa shape index (κ3) is 3.72. The van der Waals surface area contributed by atoms with Gasteiger partial charge in [-0.25, -0.2) is 0 Å². The first-order chi connectivity index (χ1) is 14.9. The number of hydrogen-bond donors (Lipinski definition) is 1. The highest BCUT2D eigenvalue weighted by atomic mass is 19.4. The van der Waals surface area contributed by atoms with Crippen LogP contribution in [0.3, 0.4) is 0 Å². The minimum atomic E-state index is -4.56. The van der Waals surface area contributed by atoms with Crippen LogP contribution in [0.1, 0.15) is 18.0 Å². The summed E-state index contributed by atoms with van der Waals surface area (Å²) in [6.45, 7) is 2.16. The minimum absolute atomic E-state index is 0.0166. The van der Waals surface area contributed by atoms with Crippen LogP contribution in [0.4, 0.5) is 18.9 Å². The first kappa shape index (κ1) is 20.1. The van der Waals surface area contributed by atoms with Crippen LogP contribution in [0.5, 0.6) is 5.75 Å². The number of nitrogens with zero attached hydrogens (tertiary/aromatic N) is 3. The normalized spacial score (nSPS) is 24.2. The van der Waals surface area contributed by atoms with Crippen molar-refractivity contribution in [2.45, 2.75) is 30.9 Å². The number of para-hydroxylation sites is 1. The van der Waals surface area contributed by atoms with Gasteiger partial charge in [-0.05, 0) is 24.6 Å². The van der Waals surface area contributed by atoms with Crippen molar-refractivity contribution in [3.05, 3.63) is 54.2 Å². The van der Waals surface area contributed by atoms with Gasteiger partial charge in [0.15, 0.2) is 0 Å². The molecule has 2 aliphatic rings. The van der Waals surface area contributed by atoms with Crippen molar-refractivity contribution in [2.75, 3.05) is 32.1 Å². The summed E-state index contributed by atoms with van der Waals surface area (Å²) >= 11 is 0. The molecule has 0 spiro atoms. The zero-order valence-electron chi connectivity index (χ0n) is 17.0. The molecule has 5 rings (SSSR count). The van der Waals surface area contributed by atoms with Crippen molar-refractivity contribution in [3.63, 3.8) is 0 Å². The summed E-state index contributed by atoms with van der Waals surface area (Å²) in [6.07, 6.45) is -2.41. The lowest BCUT2D eigenvalue weighted by Crippen LogP contribution is -2.47. The average Bonchev–Trinajstić information content (AvgIpc) is 3.41. The number of rotatable bonds is 4. The van der Waals surface area contributed by atoms with Crippen LogP contribution in [0, 0.1) is 0 Å². The van der Waals surface area contributed by atoms with E-state index >= 15 is 0 Å². The number of methoxy groups -OCH3 is 1. The topological polar surface area (TPSA) is 51.6 Å². The van der Waals surface area contributed by atoms with Gasteiger partial charge in [-0.3, -0.25) is 4.90 Å². The molecule has 3 atom stereocenters. The molecule has 3 aromatic rings. The zero-order valence-corrected chi connectivity index (χ0v) is 17.0. The van der Waals surface area contributed by atoms with E-state index in [4.69, 9.17) is 9.47 Å². The fourth-order valence-corrected chi connectivity index (χ4v) is 4.55. The fourth-order valence-electron chi connectivity index (χ4n) is 4.55. The van der Waals surface area contributed by atoms with Gasteiger partial charge in [0.1, 0.15) is 12.4 Å². The van der Waals surface area contributed by atoms with Gasteiger partial charge in [-0.2, -0.15) is 9.78 Å². The largest absolute Gasteiger partial charge is 0.504 e. The van der Waals surface area contributed by atoms with Gasteiger partial charge in [-0.15, -0.1) is 13.2 Å². The molecule has 9 heteroatoms. The number of aromatic nitrogens is 2. The van der Waals surface area contributed by atoms with Crippen LogP contribution in [0.15, 0.2) is 48.7 Å². The SMILES string of the molecule is CO[C@H]1CCN([C@H]2COc3ccccc3[C@@H]2Nc2cccc3nn(C(F)(F)F)cc23)C1. The highest BCUT2D eigenvalue weighted by molar-refractivity contribution is 5.91. The Hall–Kier alpha value is -2.78. The molecule has 0 saturated carbocycles. The Bertz CT molecular complexity index is 1080. The molecule has 164 valence electrons. The van der Waals surface area contributed by atoms with Crippen molar-refractivity contribution >= 4 is 16.6 Å². The molecule has 2 aliphatic heterocycles. The molecular formula is C22H23F3N4O2. The average molecular weight is 432 g/mol. The predicted molar refractivity (Wildman–Crippen MR) is 110 cm³/mol. The molecule has 1 fully saturated rings.